The van der Waals surface area contributed by atoms with Gasteiger partial charge in [0.05, 0.1) is 6.20 Å². The fourth-order valence-corrected chi connectivity index (χ4v) is 4.58. The molecule has 0 aliphatic carbocycles. The Morgan fingerprint density at radius 2 is 1.77 bits per heavy atom. The van der Waals surface area contributed by atoms with Crippen molar-refractivity contribution in [1.82, 2.24) is 10.2 Å². The second-order valence-electron chi connectivity index (χ2n) is 8.68. The molecule has 158 valence electrons. The smallest absolute Gasteiger partial charge is 0.319 e. The first-order chi connectivity index (χ1) is 14.5. The second-order valence-corrected chi connectivity index (χ2v) is 8.68. The minimum Gasteiger partial charge on any atom is -0.319 e. The highest BCUT2D eigenvalue weighted by Crippen LogP contribution is 2.34. The van der Waals surface area contributed by atoms with E-state index in [1.54, 1.807) is 0 Å². The summed E-state index contributed by atoms with van der Waals surface area (Å²) in [6.07, 6.45) is 2.52. The number of hydrogen-bond donors (Lipinski definition) is 2. The molecule has 7 heteroatoms. The highest BCUT2D eigenvalue weighted by molar-refractivity contribution is 6.07. The Morgan fingerprint density at radius 1 is 1.07 bits per heavy atom. The number of pyridine rings is 1. The molecule has 2 aliphatic rings. The molecule has 30 heavy (non-hydrogen) atoms. The number of carbonyl (C=O) groups excluding carboxylic acids is 2. The minimum atomic E-state index is -0.966. The highest BCUT2D eigenvalue weighted by Gasteiger charge is 2.53. The standard InChI is InChI=1S/C23H29N5O2/c1-18(2)16-23(19-8-4-3-5-9-19)21(29)28(22(30)25-23)17-26-12-14-27(15-13-26)20-10-6-7-11-24-20/h3-11,18H,12-17H2,1-2H3,(H,25,30)/p+2/t23-/m1/s1. The lowest BCUT2D eigenvalue weighted by molar-refractivity contribution is -0.908. The summed E-state index contributed by atoms with van der Waals surface area (Å²) in [5, 5.41) is 3.05. The Kier molecular flexibility index (Phi) is 5.72. The van der Waals surface area contributed by atoms with Crippen LogP contribution in [-0.4, -0.2) is 49.7 Å². The zero-order valence-corrected chi connectivity index (χ0v) is 17.7. The summed E-state index contributed by atoms with van der Waals surface area (Å²) in [5.41, 5.74) is -0.105. The summed E-state index contributed by atoms with van der Waals surface area (Å²) in [5.74, 6) is 1.25. The van der Waals surface area contributed by atoms with Crippen molar-refractivity contribution in [1.29, 1.82) is 0 Å². The third-order valence-corrected chi connectivity index (χ3v) is 6.04. The average Bonchev–Trinajstić information content (AvgIpc) is 3.00. The maximum Gasteiger partial charge on any atom is 0.329 e. The molecule has 1 aromatic heterocycles. The number of imide groups is 1. The number of benzene rings is 1. The molecule has 3 amide bonds. The van der Waals surface area contributed by atoms with Crippen molar-refractivity contribution < 1.29 is 19.5 Å². The van der Waals surface area contributed by atoms with Crippen LogP contribution in [-0.2, 0) is 10.3 Å². The molecule has 2 aromatic rings. The van der Waals surface area contributed by atoms with Gasteiger partial charge >= 0.3 is 6.03 Å². The van der Waals surface area contributed by atoms with Crippen molar-refractivity contribution in [2.75, 3.05) is 37.7 Å². The summed E-state index contributed by atoms with van der Waals surface area (Å²) in [7, 11) is 0. The van der Waals surface area contributed by atoms with E-state index in [9.17, 15) is 9.59 Å². The molecule has 2 saturated heterocycles. The summed E-state index contributed by atoms with van der Waals surface area (Å²) in [6, 6.07) is 15.4. The van der Waals surface area contributed by atoms with E-state index in [0.717, 1.165) is 37.6 Å². The molecule has 1 atom stereocenters. The van der Waals surface area contributed by atoms with Crippen LogP contribution in [0.5, 0.6) is 0 Å². The van der Waals surface area contributed by atoms with Gasteiger partial charge in [-0.05, 0) is 24.0 Å². The SMILES string of the molecule is CC(C)C[C@]1(c2ccccc2)NC(=O)N(C[NH+]2CCN(c3cccc[nH+]3)CC2)C1=O. The van der Waals surface area contributed by atoms with Gasteiger partial charge in [0.25, 0.3) is 11.7 Å². The Morgan fingerprint density at radius 3 is 2.40 bits per heavy atom. The zero-order valence-electron chi connectivity index (χ0n) is 17.7. The van der Waals surface area contributed by atoms with Gasteiger partial charge in [-0.25, -0.2) is 14.7 Å². The Labute approximate surface area is 177 Å². The van der Waals surface area contributed by atoms with Crippen LogP contribution in [0.15, 0.2) is 54.7 Å². The van der Waals surface area contributed by atoms with Crippen LogP contribution < -0.4 is 20.1 Å². The molecule has 1 aromatic carbocycles. The number of amides is 3. The minimum absolute atomic E-state index is 0.126. The van der Waals surface area contributed by atoms with E-state index < -0.39 is 5.54 Å². The van der Waals surface area contributed by atoms with Gasteiger partial charge in [0, 0.05) is 6.07 Å². The lowest BCUT2D eigenvalue weighted by atomic mass is 9.82. The molecule has 0 radical (unpaired) electrons. The fraction of sp³-hybridized carbons (Fsp3) is 0.435. The topological polar surface area (TPSA) is 71.2 Å². The molecule has 0 bridgehead atoms. The van der Waals surface area contributed by atoms with Crippen molar-refractivity contribution in [3.8, 4) is 0 Å². The van der Waals surface area contributed by atoms with E-state index in [1.807, 2.05) is 48.7 Å². The summed E-state index contributed by atoms with van der Waals surface area (Å²) < 4.78 is 0. The molecule has 0 spiro atoms. The van der Waals surface area contributed by atoms with E-state index in [2.05, 4.69) is 35.1 Å². The first kappa shape index (κ1) is 20.3. The van der Waals surface area contributed by atoms with Crippen LogP contribution in [0.25, 0.3) is 0 Å². The molecule has 0 saturated carbocycles. The third kappa shape index (κ3) is 3.89. The molecule has 2 aliphatic heterocycles. The number of piperazine rings is 1. The molecule has 4 rings (SSSR count). The second kappa shape index (κ2) is 8.44. The van der Waals surface area contributed by atoms with Gasteiger partial charge in [0.1, 0.15) is 31.7 Å². The fourth-order valence-electron chi connectivity index (χ4n) is 4.58. The van der Waals surface area contributed by atoms with Crippen molar-refractivity contribution in [2.24, 2.45) is 5.92 Å². The quantitative estimate of drug-likeness (QED) is 0.689. The number of rotatable bonds is 6. The normalized spacial score (nSPS) is 22.6. The summed E-state index contributed by atoms with van der Waals surface area (Å²) >= 11 is 0. The van der Waals surface area contributed by atoms with Crippen LogP contribution >= 0.6 is 0 Å². The lowest BCUT2D eigenvalue weighted by Gasteiger charge is -2.31. The number of H-pyrrole nitrogens is 1. The Balaban J connectivity index is 1.46. The Bertz CT molecular complexity index is 881. The monoisotopic (exact) mass is 409 g/mol. The largest absolute Gasteiger partial charge is 0.329 e. The number of anilines is 1. The molecule has 0 unspecified atom stereocenters. The molecule has 3 N–H and O–H groups in total. The number of carbonyl (C=O) groups is 2. The van der Waals surface area contributed by atoms with E-state index in [0.29, 0.717) is 13.1 Å². The van der Waals surface area contributed by atoms with Gasteiger partial charge in [-0.15, -0.1) is 0 Å². The van der Waals surface area contributed by atoms with Crippen molar-refractivity contribution in [2.45, 2.75) is 25.8 Å². The van der Waals surface area contributed by atoms with Crippen molar-refractivity contribution >= 4 is 17.8 Å². The van der Waals surface area contributed by atoms with Gasteiger partial charge in [-0.1, -0.05) is 50.2 Å². The zero-order chi connectivity index (χ0) is 21.1. The first-order valence-electron chi connectivity index (χ1n) is 10.7. The van der Waals surface area contributed by atoms with Crippen molar-refractivity contribution in [3.05, 3.63) is 60.3 Å². The van der Waals surface area contributed by atoms with E-state index >= 15 is 0 Å². The average molecular weight is 410 g/mol. The van der Waals surface area contributed by atoms with Crippen LogP contribution in [0.3, 0.4) is 0 Å². The Hall–Kier alpha value is -2.93. The highest BCUT2D eigenvalue weighted by atomic mass is 16.2. The molecule has 3 heterocycles. The molecule has 2 fully saturated rings. The molecular weight excluding hydrogens is 378 g/mol. The third-order valence-electron chi connectivity index (χ3n) is 6.04. The predicted molar refractivity (Wildman–Crippen MR) is 114 cm³/mol. The van der Waals surface area contributed by atoms with Crippen molar-refractivity contribution in [3.63, 3.8) is 0 Å². The van der Waals surface area contributed by atoms with Gasteiger partial charge < -0.3 is 10.2 Å². The predicted octanol–water partition coefficient (Wildman–Crippen LogP) is 0.657. The van der Waals surface area contributed by atoms with Crippen LogP contribution in [0.1, 0.15) is 25.8 Å². The van der Waals surface area contributed by atoms with Crippen LogP contribution in [0, 0.1) is 5.92 Å². The number of urea groups is 1. The maximum absolute atomic E-state index is 13.5. The van der Waals surface area contributed by atoms with E-state index in [1.165, 1.54) is 9.80 Å². The van der Waals surface area contributed by atoms with E-state index in [-0.39, 0.29) is 17.9 Å². The van der Waals surface area contributed by atoms with Crippen LogP contribution in [0.4, 0.5) is 10.6 Å². The lowest BCUT2D eigenvalue weighted by Crippen LogP contribution is -3.16. The number of nitrogens with zero attached hydrogens (tertiary/aromatic N) is 2. The first-order valence-corrected chi connectivity index (χ1v) is 10.7. The van der Waals surface area contributed by atoms with Crippen LogP contribution in [0.2, 0.25) is 0 Å². The number of aromatic nitrogens is 1. The summed E-state index contributed by atoms with van der Waals surface area (Å²) in [6.45, 7) is 8.09. The maximum atomic E-state index is 13.5. The van der Waals surface area contributed by atoms with Gasteiger partial charge in [0.15, 0.2) is 6.67 Å². The summed E-state index contributed by atoms with van der Waals surface area (Å²) in [4.78, 5) is 34.7. The molecular formula is C23H31N5O2+2. The van der Waals surface area contributed by atoms with E-state index in [4.69, 9.17) is 0 Å². The van der Waals surface area contributed by atoms with Gasteiger partial charge in [0.2, 0.25) is 0 Å². The van der Waals surface area contributed by atoms with Gasteiger partial charge in [-0.2, -0.15) is 0 Å². The number of aromatic amines is 1. The number of quaternary nitrogens is 1. The van der Waals surface area contributed by atoms with Gasteiger partial charge in [-0.3, -0.25) is 9.69 Å². The number of nitrogens with one attached hydrogen (secondary N) is 3. The number of hydrogen-bond acceptors (Lipinski definition) is 3. The molecule has 7 nitrogen and oxygen atoms in total.